The maximum Gasteiger partial charge on any atom is 0.181 e. The Balaban J connectivity index is 2.74. The lowest BCUT2D eigenvalue weighted by Gasteiger charge is -1.88. The van der Waals surface area contributed by atoms with Gasteiger partial charge in [0.2, 0.25) is 0 Å². The Bertz CT molecular complexity index is 410. The standard InChI is InChI=1S/C8H6BrFN2/c9-7-2-1-3-8-6(7)4-12(5-10)11-8/h1-4H,5H2. The van der Waals surface area contributed by atoms with Crippen LogP contribution in [0.1, 0.15) is 0 Å². The van der Waals surface area contributed by atoms with Crippen molar-refractivity contribution in [3.8, 4) is 0 Å². The Morgan fingerprint density at radius 2 is 2.33 bits per heavy atom. The van der Waals surface area contributed by atoms with Crippen LogP contribution in [-0.4, -0.2) is 9.78 Å². The minimum absolute atomic E-state index is 0.582. The lowest BCUT2D eigenvalue weighted by molar-refractivity contribution is 0.351. The van der Waals surface area contributed by atoms with Crippen molar-refractivity contribution in [2.45, 2.75) is 6.80 Å². The quantitative estimate of drug-likeness (QED) is 0.735. The molecule has 1 aromatic carbocycles. The summed E-state index contributed by atoms with van der Waals surface area (Å²) in [5.74, 6) is 0. The van der Waals surface area contributed by atoms with Crippen LogP contribution in [0.3, 0.4) is 0 Å². The Morgan fingerprint density at radius 3 is 3.00 bits per heavy atom. The topological polar surface area (TPSA) is 17.8 Å². The molecule has 0 aliphatic rings. The number of hydrogen-bond donors (Lipinski definition) is 0. The van der Waals surface area contributed by atoms with Crippen LogP contribution >= 0.6 is 15.9 Å². The first-order chi connectivity index (χ1) is 5.81. The molecule has 1 aromatic heterocycles. The molecule has 0 aliphatic heterocycles. The summed E-state index contributed by atoms with van der Waals surface area (Å²) >= 11 is 3.36. The van der Waals surface area contributed by atoms with E-state index in [1.165, 1.54) is 4.68 Å². The van der Waals surface area contributed by atoms with Crippen molar-refractivity contribution in [1.29, 1.82) is 0 Å². The highest BCUT2D eigenvalue weighted by atomic mass is 79.9. The van der Waals surface area contributed by atoms with E-state index in [1.807, 2.05) is 18.2 Å². The Hall–Kier alpha value is -0.900. The second-order valence-corrected chi connectivity index (χ2v) is 3.32. The maximum atomic E-state index is 12.2. The van der Waals surface area contributed by atoms with E-state index in [9.17, 15) is 4.39 Å². The second kappa shape index (κ2) is 2.86. The molecule has 2 rings (SSSR count). The number of aromatic nitrogens is 2. The summed E-state index contributed by atoms with van der Waals surface area (Å²) in [5, 5.41) is 4.94. The number of rotatable bonds is 1. The van der Waals surface area contributed by atoms with Gasteiger partial charge >= 0.3 is 0 Å². The van der Waals surface area contributed by atoms with Gasteiger partial charge in [-0.2, -0.15) is 5.10 Å². The van der Waals surface area contributed by atoms with Crippen LogP contribution in [0, 0.1) is 0 Å². The summed E-state index contributed by atoms with van der Waals surface area (Å²) in [5.41, 5.74) is 0.807. The van der Waals surface area contributed by atoms with Gasteiger partial charge in [-0.15, -0.1) is 0 Å². The number of halogens is 2. The predicted octanol–water partition coefficient (Wildman–Crippen LogP) is 2.73. The van der Waals surface area contributed by atoms with Crippen molar-refractivity contribution < 1.29 is 4.39 Å². The second-order valence-electron chi connectivity index (χ2n) is 2.46. The summed E-state index contributed by atoms with van der Waals surface area (Å²) in [7, 11) is 0. The molecule has 62 valence electrons. The van der Waals surface area contributed by atoms with Crippen molar-refractivity contribution in [2.75, 3.05) is 0 Å². The first kappa shape index (κ1) is 7.73. The predicted molar refractivity (Wildman–Crippen MR) is 48.5 cm³/mol. The molecule has 0 aliphatic carbocycles. The molecule has 0 spiro atoms. The van der Waals surface area contributed by atoms with Crippen LogP contribution in [-0.2, 0) is 6.80 Å². The molecule has 0 N–H and O–H groups in total. The first-order valence-electron chi connectivity index (χ1n) is 3.49. The third-order valence-electron chi connectivity index (χ3n) is 1.67. The minimum Gasteiger partial charge on any atom is -0.241 e. The van der Waals surface area contributed by atoms with Crippen molar-refractivity contribution >= 4 is 26.8 Å². The highest BCUT2D eigenvalue weighted by Crippen LogP contribution is 2.22. The molecule has 0 saturated carbocycles. The van der Waals surface area contributed by atoms with E-state index in [0.29, 0.717) is 0 Å². The van der Waals surface area contributed by atoms with Crippen molar-refractivity contribution in [1.82, 2.24) is 9.78 Å². The first-order valence-corrected chi connectivity index (χ1v) is 4.28. The van der Waals surface area contributed by atoms with Gasteiger partial charge in [0, 0.05) is 16.1 Å². The zero-order valence-electron chi connectivity index (χ0n) is 6.17. The average molecular weight is 229 g/mol. The Kier molecular flexibility index (Phi) is 1.84. The molecular formula is C8H6BrFN2. The van der Waals surface area contributed by atoms with E-state index in [2.05, 4.69) is 21.0 Å². The smallest absolute Gasteiger partial charge is 0.181 e. The number of nitrogens with zero attached hydrogens (tertiary/aromatic N) is 2. The lowest BCUT2D eigenvalue weighted by Crippen LogP contribution is -1.90. The number of alkyl halides is 1. The van der Waals surface area contributed by atoms with Crippen LogP contribution in [0.2, 0.25) is 0 Å². The van der Waals surface area contributed by atoms with E-state index in [1.54, 1.807) is 6.20 Å². The molecule has 0 bridgehead atoms. The number of fused-ring (bicyclic) bond motifs is 1. The maximum absolute atomic E-state index is 12.2. The summed E-state index contributed by atoms with van der Waals surface area (Å²) in [4.78, 5) is 0. The minimum atomic E-state index is -0.582. The fourth-order valence-corrected chi connectivity index (χ4v) is 1.58. The Labute approximate surface area is 77.1 Å². The zero-order chi connectivity index (χ0) is 8.55. The van der Waals surface area contributed by atoms with E-state index >= 15 is 0 Å². The summed E-state index contributed by atoms with van der Waals surface area (Å²) < 4.78 is 14.4. The van der Waals surface area contributed by atoms with E-state index < -0.39 is 6.80 Å². The molecule has 2 aromatic rings. The van der Waals surface area contributed by atoms with Gasteiger partial charge < -0.3 is 0 Å². The van der Waals surface area contributed by atoms with Crippen molar-refractivity contribution in [3.05, 3.63) is 28.9 Å². The molecule has 0 fully saturated rings. The lowest BCUT2D eigenvalue weighted by atomic mass is 10.3. The third kappa shape index (κ3) is 1.12. The molecule has 0 atom stereocenters. The monoisotopic (exact) mass is 228 g/mol. The third-order valence-corrected chi connectivity index (χ3v) is 2.36. The summed E-state index contributed by atoms with van der Waals surface area (Å²) in [6.45, 7) is -0.582. The molecule has 0 saturated heterocycles. The van der Waals surface area contributed by atoms with Gasteiger partial charge in [0.25, 0.3) is 0 Å². The number of hydrogen-bond acceptors (Lipinski definition) is 1. The highest BCUT2D eigenvalue weighted by Gasteiger charge is 2.01. The Morgan fingerprint density at radius 1 is 1.50 bits per heavy atom. The van der Waals surface area contributed by atoms with Gasteiger partial charge in [0.05, 0.1) is 5.52 Å². The van der Waals surface area contributed by atoms with Crippen LogP contribution in [0.15, 0.2) is 28.9 Å². The molecule has 1 heterocycles. The van der Waals surface area contributed by atoms with Gasteiger partial charge in [-0.25, -0.2) is 9.07 Å². The molecule has 4 heteroatoms. The number of benzene rings is 1. The van der Waals surface area contributed by atoms with Gasteiger partial charge in [-0.3, -0.25) is 0 Å². The average Bonchev–Trinajstić information content (AvgIpc) is 2.49. The van der Waals surface area contributed by atoms with Crippen LogP contribution in [0.25, 0.3) is 10.9 Å². The van der Waals surface area contributed by atoms with Crippen molar-refractivity contribution in [2.24, 2.45) is 0 Å². The summed E-state index contributed by atoms with van der Waals surface area (Å²) in [6, 6.07) is 5.64. The molecule has 0 radical (unpaired) electrons. The van der Waals surface area contributed by atoms with Gasteiger partial charge in [-0.1, -0.05) is 22.0 Å². The van der Waals surface area contributed by atoms with E-state index in [0.717, 1.165) is 15.4 Å². The SMILES string of the molecule is FCn1cc2c(Br)cccc2n1. The molecule has 0 unspecified atom stereocenters. The highest BCUT2D eigenvalue weighted by molar-refractivity contribution is 9.10. The van der Waals surface area contributed by atoms with E-state index in [4.69, 9.17) is 0 Å². The summed E-state index contributed by atoms with van der Waals surface area (Å²) in [6.07, 6.45) is 1.68. The van der Waals surface area contributed by atoms with E-state index in [-0.39, 0.29) is 0 Å². The fraction of sp³-hybridized carbons (Fsp3) is 0.125. The van der Waals surface area contributed by atoms with Crippen LogP contribution in [0.5, 0.6) is 0 Å². The largest absolute Gasteiger partial charge is 0.241 e. The fourth-order valence-electron chi connectivity index (χ4n) is 1.12. The van der Waals surface area contributed by atoms with Gasteiger partial charge in [0.15, 0.2) is 6.80 Å². The zero-order valence-corrected chi connectivity index (χ0v) is 7.75. The van der Waals surface area contributed by atoms with Crippen LogP contribution in [0.4, 0.5) is 4.39 Å². The van der Waals surface area contributed by atoms with Crippen LogP contribution < -0.4 is 0 Å². The molecular weight excluding hydrogens is 223 g/mol. The molecule has 2 nitrogen and oxygen atoms in total. The van der Waals surface area contributed by atoms with Gasteiger partial charge in [-0.05, 0) is 12.1 Å². The normalized spacial score (nSPS) is 10.8. The van der Waals surface area contributed by atoms with Gasteiger partial charge in [0.1, 0.15) is 0 Å². The molecule has 0 amide bonds. The molecule has 12 heavy (non-hydrogen) atoms. The van der Waals surface area contributed by atoms with Crippen molar-refractivity contribution in [3.63, 3.8) is 0 Å².